The van der Waals surface area contributed by atoms with Crippen molar-refractivity contribution in [2.45, 2.75) is 49.3 Å². The maximum atomic E-state index is 13.9. The highest BCUT2D eigenvalue weighted by Crippen LogP contribution is 2.36. The molecule has 0 radical (unpaired) electrons. The molecule has 4 heteroatoms. The van der Waals surface area contributed by atoms with Crippen LogP contribution in [0.4, 0.5) is 0 Å². The van der Waals surface area contributed by atoms with Gasteiger partial charge in [-0.3, -0.25) is 0 Å². The lowest BCUT2D eigenvalue weighted by atomic mass is 10.1. The fourth-order valence-corrected chi connectivity index (χ4v) is 5.50. The van der Waals surface area contributed by atoms with Crippen LogP contribution in [-0.2, 0) is 10.8 Å². The summed E-state index contributed by atoms with van der Waals surface area (Å²) in [5.41, 5.74) is 4.36. The predicted molar refractivity (Wildman–Crippen MR) is 108 cm³/mol. The Labute approximate surface area is 156 Å². The average Bonchev–Trinajstić information content (AvgIpc) is 3.20. The standard InChI is InChI=1S/C22H24N2OS/c1-15(2)17-13-23-11-7-5-9-19(23)21(17)26(25)22-18(16(3)4)14-24-12-8-6-10-20(22)24/h5-16H,1-4H3. The van der Waals surface area contributed by atoms with Crippen LogP contribution >= 0.6 is 0 Å². The van der Waals surface area contributed by atoms with Crippen molar-refractivity contribution in [3.8, 4) is 0 Å². The topological polar surface area (TPSA) is 25.9 Å². The first kappa shape index (κ1) is 17.1. The second-order valence-corrected chi connectivity index (χ2v) is 8.75. The summed E-state index contributed by atoms with van der Waals surface area (Å²) in [4.78, 5) is 1.89. The van der Waals surface area contributed by atoms with Gasteiger partial charge in [-0.2, -0.15) is 0 Å². The predicted octanol–water partition coefficient (Wildman–Crippen LogP) is 5.61. The van der Waals surface area contributed by atoms with Gasteiger partial charge in [-0.25, -0.2) is 4.21 Å². The lowest BCUT2D eigenvalue weighted by molar-refractivity contribution is 0.680. The third-order valence-electron chi connectivity index (χ3n) is 4.94. The van der Waals surface area contributed by atoms with Crippen molar-refractivity contribution >= 4 is 21.8 Å². The van der Waals surface area contributed by atoms with E-state index in [2.05, 4.69) is 61.0 Å². The summed E-state index contributed by atoms with van der Waals surface area (Å²) in [6.45, 7) is 8.65. The third kappa shape index (κ3) is 2.60. The number of pyridine rings is 2. The van der Waals surface area contributed by atoms with Gasteiger partial charge in [0, 0.05) is 24.8 Å². The van der Waals surface area contributed by atoms with Crippen LogP contribution in [-0.4, -0.2) is 13.0 Å². The lowest BCUT2D eigenvalue weighted by Gasteiger charge is -2.11. The van der Waals surface area contributed by atoms with Crippen LogP contribution in [0.5, 0.6) is 0 Å². The molecule has 0 aliphatic rings. The van der Waals surface area contributed by atoms with Crippen LogP contribution in [0.1, 0.15) is 50.7 Å². The normalized spacial score (nSPS) is 12.3. The van der Waals surface area contributed by atoms with Gasteiger partial charge in [0.05, 0.1) is 31.6 Å². The molecule has 4 rings (SSSR count). The lowest BCUT2D eigenvalue weighted by Crippen LogP contribution is -2.01. The first-order chi connectivity index (χ1) is 12.5. The Morgan fingerprint density at radius 1 is 0.731 bits per heavy atom. The molecule has 0 unspecified atom stereocenters. The molecular formula is C22H24N2OS. The fraction of sp³-hybridized carbons (Fsp3) is 0.273. The summed E-state index contributed by atoms with van der Waals surface area (Å²) < 4.78 is 18.1. The van der Waals surface area contributed by atoms with Gasteiger partial charge in [-0.1, -0.05) is 39.8 Å². The average molecular weight is 365 g/mol. The zero-order valence-corrected chi connectivity index (χ0v) is 16.5. The third-order valence-corrected chi connectivity index (χ3v) is 6.57. The van der Waals surface area contributed by atoms with E-state index < -0.39 is 10.8 Å². The molecule has 0 bridgehead atoms. The van der Waals surface area contributed by atoms with E-state index in [-0.39, 0.29) is 0 Å². The smallest absolute Gasteiger partial charge is 0.0899 e. The Morgan fingerprint density at radius 2 is 1.15 bits per heavy atom. The van der Waals surface area contributed by atoms with E-state index in [9.17, 15) is 4.21 Å². The number of hydrogen-bond acceptors (Lipinski definition) is 1. The maximum Gasteiger partial charge on any atom is 0.0899 e. The summed E-state index contributed by atoms with van der Waals surface area (Å²) in [7, 11) is -1.24. The Kier molecular flexibility index (Phi) is 4.23. The van der Waals surface area contributed by atoms with Gasteiger partial charge in [0.1, 0.15) is 0 Å². The van der Waals surface area contributed by atoms with Crippen molar-refractivity contribution in [2.75, 3.05) is 0 Å². The monoisotopic (exact) mass is 364 g/mol. The number of nitrogens with zero attached hydrogens (tertiary/aromatic N) is 2. The highest BCUT2D eigenvalue weighted by Gasteiger charge is 2.25. The molecule has 134 valence electrons. The molecular weight excluding hydrogens is 340 g/mol. The van der Waals surface area contributed by atoms with Gasteiger partial charge < -0.3 is 8.80 Å². The molecule has 4 aromatic heterocycles. The first-order valence-corrected chi connectivity index (χ1v) is 10.2. The van der Waals surface area contributed by atoms with Crippen molar-refractivity contribution in [3.63, 3.8) is 0 Å². The highest BCUT2D eigenvalue weighted by molar-refractivity contribution is 7.85. The van der Waals surface area contributed by atoms with Crippen LogP contribution in [0.25, 0.3) is 11.0 Å². The molecule has 3 nitrogen and oxygen atoms in total. The Hall–Kier alpha value is -2.33. The molecule has 0 saturated heterocycles. The zero-order valence-electron chi connectivity index (χ0n) is 15.6. The molecule has 0 aliphatic carbocycles. The largest absolute Gasteiger partial charge is 0.322 e. The van der Waals surface area contributed by atoms with E-state index >= 15 is 0 Å². The summed E-state index contributed by atoms with van der Waals surface area (Å²) in [5.74, 6) is 0.621. The van der Waals surface area contributed by atoms with E-state index in [1.165, 1.54) is 0 Å². The van der Waals surface area contributed by atoms with Crippen LogP contribution < -0.4 is 0 Å². The second-order valence-electron chi connectivity index (χ2n) is 7.39. The zero-order chi connectivity index (χ0) is 18.4. The van der Waals surface area contributed by atoms with Crippen molar-refractivity contribution in [1.82, 2.24) is 8.80 Å². The maximum absolute atomic E-state index is 13.9. The fourth-order valence-electron chi connectivity index (χ4n) is 3.56. The minimum Gasteiger partial charge on any atom is -0.322 e. The molecule has 4 heterocycles. The van der Waals surface area contributed by atoms with Crippen molar-refractivity contribution < 1.29 is 4.21 Å². The van der Waals surface area contributed by atoms with Gasteiger partial charge in [0.2, 0.25) is 0 Å². The Morgan fingerprint density at radius 3 is 1.54 bits per heavy atom. The van der Waals surface area contributed by atoms with Gasteiger partial charge in [-0.05, 0) is 47.2 Å². The van der Waals surface area contributed by atoms with Gasteiger partial charge in [0.25, 0.3) is 0 Å². The summed E-state index contributed by atoms with van der Waals surface area (Å²) in [5, 5.41) is 0. The molecule has 0 aliphatic heterocycles. The second kappa shape index (κ2) is 6.44. The van der Waals surface area contributed by atoms with E-state index in [1.54, 1.807) is 0 Å². The summed E-state index contributed by atoms with van der Waals surface area (Å²) >= 11 is 0. The molecule has 0 saturated carbocycles. The SMILES string of the molecule is CC(C)c1cn2ccccc2c1S(=O)c1c(C(C)C)cn2ccccc12. The Bertz CT molecular complexity index is 1030. The van der Waals surface area contributed by atoms with Crippen molar-refractivity contribution in [2.24, 2.45) is 0 Å². The molecule has 4 aromatic rings. The van der Waals surface area contributed by atoms with Crippen LogP contribution in [0, 0.1) is 0 Å². The van der Waals surface area contributed by atoms with Crippen molar-refractivity contribution in [1.29, 1.82) is 0 Å². The summed E-state index contributed by atoms with van der Waals surface area (Å²) in [6, 6.07) is 12.2. The molecule has 0 fully saturated rings. The molecule has 0 spiro atoms. The molecule has 0 atom stereocenters. The van der Waals surface area contributed by atoms with Crippen LogP contribution in [0.15, 0.2) is 71.0 Å². The van der Waals surface area contributed by atoms with E-state index in [0.29, 0.717) is 11.8 Å². The van der Waals surface area contributed by atoms with Gasteiger partial charge in [-0.15, -0.1) is 0 Å². The van der Waals surface area contributed by atoms with Crippen molar-refractivity contribution in [3.05, 3.63) is 72.3 Å². The van der Waals surface area contributed by atoms with E-state index in [0.717, 1.165) is 32.0 Å². The molecule has 0 N–H and O–H groups in total. The minimum atomic E-state index is -1.24. The Balaban J connectivity index is 2.03. The van der Waals surface area contributed by atoms with Crippen LogP contribution in [0.3, 0.4) is 0 Å². The summed E-state index contributed by atoms with van der Waals surface area (Å²) in [6.07, 6.45) is 8.31. The van der Waals surface area contributed by atoms with Gasteiger partial charge in [0.15, 0.2) is 0 Å². The highest BCUT2D eigenvalue weighted by atomic mass is 32.2. The first-order valence-electron chi connectivity index (χ1n) is 9.10. The number of rotatable bonds is 4. The van der Waals surface area contributed by atoms with Crippen LogP contribution in [0.2, 0.25) is 0 Å². The van der Waals surface area contributed by atoms with Gasteiger partial charge >= 0.3 is 0 Å². The minimum absolute atomic E-state index is 0.310. The molecule has 0 amide bonds. The molecule has 0 aromatic carbocycles. The van der Waals surface area contributed by atoms with E-state index in [1.807, 2.05) is 36.7 Å². The number of fused-ring (bicyclic) bond motifs is 2. The number of aromatic nitrogens is 2. The molecule has 26 heavy (non-hydrogen) atoms. The quantitative estimate of drug-likeness (QED) is 0.462. The van der Waals surface area contributed by atoms with E-state index in [4.69, 9.17) is 0 Å². The number of hydrogen-bond donors (Lipinski definition) is 0.